The molecule has 0 radical (unpaired) electrons. The van der Waals surface area contributed by atoms with Crippen LogP contribution in [0.25, 0.3) is 0 Å². The molecule has 17 heteroatoms. The number of halogens is 3. The first kappa shape index (κ1) is 36.7. The van der Waals surface area contributed by atoms with Gasteiger partial charge in [0.25, 0.3) is 10.0 Å². The number of aryl methyl sites for hydroxylation is 1. The predicted octanol–water partition coefficient (Wildman–Crippen LogP) is 6.21. The van der Waals surface area contributed by atoms with E-state index in [-0.39, 0.29) is 24.8 Å². The average Bonchev–Trinajstić information content (AvgIpc) is 3.58. The zero-order valence-corrected chi connectivity index (χ0v) is 30.1. The van der Waals surface area contributed by atoms with Crippen LogP contribution in [0.5, 0.6) is 11.5 Å². The van der Waals surface area contributed by atoms with E-state index in [9.17, 15) is 18.0 Å². The van der Waals surface area contributed by atoms with E-state index < -0.39 is 62.6 Å². The number of carbonyl (C=O) groups excluding carboxylic acids is 2. The molecule has 2 amide bonds. The smallest absolute Gasteiger partial charge is 0.410 e. The summed E-state index contributed by atoms with van der Waals surface area (Å²) in [5, 5.41) is 0.372. The Hall–Kier alpha value is -4.54. The summed E-state index contributed by atoms with van der Waals surface area (Å²) in [6.07, 6.45) is 0.424. The lowest BCUT2D eigenvalue weighted by Crippen LogP contribution is -2.60. The molecular weight excluding hydrogens is 716 g/mol. The van der Waals surface area contributed by atoms with Gasteiger partial charge < -0.3 is 19.1 Å². The van der Waals surface area contributed by atoms with Crippen LogP contribution in [-0.2, 0) is 26.1 Å². The van der Waals surface area contributed by atoms with E-state index in [1.165, 1.54) is 16.9 Å². The number of piperazine rings is 1. The van der Waals surface area contributed by atoms with Gasteiger partial charge in [0, 0.05) is 40.9 Å². The van der Waals surface area contributed by atoms with Crippen molar-refractivity contribution < 1.29 is 41.0 Å². The lowest BCUT2D eigenvalue weighted by Gasteiger charge is -2.41. The molecule has 1 aliphatic rings. The van der Waals surface area contributed by atoms with Gasteiger partial charge in [0.05, 0.1) is 19.7 Å². The average molecular weight is 750 g/mol. The van der Waals surface area contributed by atoms with Crippen LogP contribution >= 0.6 is 23.1 Å². The van der Waals surface area contributed by atoms with Gasteiger partial charge >= 0.3 is 6.09 Å². The molecular formula is C33H34ClF2N5O7S2. The first-order valence-corrected chi connectivity index (χ1v) is 17.8. The number of aromatic nitrogens is 2. The minimum atomic E-state index is -4.73. The van der Waals surface area contributed by atoms with E-state index >= 15 is 8.78 Å². The molecule has 3 aromatic carbocycles. The standard InChI is InChI=1S/C33H34ClF2N5O7S2/c1-20-12-25(46-5)11-6-21(20)15-40(31-37-19-38-49-31)50(44,45)29-14-26(35)28(13-27(29)36)47-18-24-16-39(32(43)48-33(2,3)4)17-30(42)41(24)23-9-7-22(34)8-10-23/h6-14,19,24H,15-18H2,1-5H3/t24-/m1/s1. The van der Waals surface area contributed by atoms with Crippen LogP contribution in [-0.4, -0.2) is 73.1 Å². The predicted molar refractivity (Wildman–Crippen MR) is 183 cm³/mol. The minimum Gasteiger partial charge on any atom is -0.497 e. The Bertz CT molecular complexity index is 1980. The van der Waals surface area contributed by atoms with Crippen LogP contribution in [0.1, 0.15) is 31.9 Å². The minimum absolute atomic E-state index is 0.0563. The van der Waals surface area contributed by atoms with Crippen LogP contribution < -0.4 is 18.7 Å². The number of benzene rings is 3. The van der Waals surface area contributed by atoms with E-state index in [0.717, 1.165) is 22.2 Å². The number of rotatable bonds is 10. The Labute approximate surface area is 297 Å². The van der Waals surface area contributed by atoms with Crippen molar-refractivity contribution in [2.45, 2.75) is 50.8 Å². The highest BCUT2D eigenvalue weighted by atomic mass is 35.5. The van der Waals surface area contributed by atoms with Gasteiger partial charge in [0.15, 0.2) is 11.6 Å². The van der Waals surface area contributed by atoms with Crippen LogP contribution in [0, 0.1) is 18.6 Å². The van der Waals surface area contributed by atoms with Crippen molar-refractivity contribution in [3.05, 3.63) is 88.7 Å². The second-order valence-electron chi connectivity index (χ2n) is 12.3. The lowest BCUT2D eigenvalue weighted by atomic mass is 10.1. The Kier molecular flexibility index (Phi) is 10.8. The van der Waals surface area contributed by atoms with E-state index in [2.05, 4.69) is 9.36 Å². The fourth-order valence-electron chi connectivity index (χ4n) is 5.18. The fourth-order valence-corrected chi connectivity index (χ4v) is 7.49. The van der Waals surface area contributed by atoms with Crippen molar-refractivity contribution in [2.75, 3.05) is 36.0 Å². The summed E-state index contributed by atoms with van der Waals surface area (Å²) in [4.78, 5) is 31.9. The largest absolute Gasteiger partial charge is 0.497 e. The second kappa shape index (κ2) is 14.7. The summed E-state index contributed by atoms with van der Waals surface area (Å²) in [7, 11) is -3.23. The number of ether oxygens (including phenoxy) is 3. The third kappa shape index (κ3) is 8.25. The van der Waals surface area contributed by atoms with E-state index in [1.54, 1.807) is 70.2 Å². The summed E-state index contributed by atoms with van der Waals surface area (Å²) in [6, 6.07) is 11.7. The van der Waals surface area contributed by atoms with Crippen molar-refractivity contribution in [2.24, 2.45) is 0 Å². The highest BCUT2D eigenvalue weighted by molar-refractivity contribution is 7.93. The summed E-state index contributed by atoms with van der Waals surface area (Å²) in [6.45, 7) is 5.80. The SMILES string of the molecule is COc1ccc(CN(c2ncns2)S(=O)(=O)c2cc(F)c(OC[C@H]3CN(C(=O)OC(C)(C)C)CC(=O)N3c3ccc(Cl)cc3)cc2F)c(C)c1. The molecule has 5 rings (SSSR count). The topological polar surface area (TPSA) is 131 Å². The highest BCUT2D eigenvalue weighted by Gasteiger charge is 2.38. The molecule has 1 aromatic heterocycles. The Morgan fingerprint density at radius 1 is 1.10 bits per heavy atom. The molecule has 50 heavy (non-hydrogen) atoms. The Morgan fingerprint density at radius 2 is 1.82 bits per heavy atom. The van der Waals surface area contributed by atoms with Crippen LogP contribution in [0.3, 0.4) is 0 Å². The first-order chi connectivity index (χ1) is 23.6. The number of anilines is 2. The van der Waals surface area contributed by atoms with Crippen molar-refractivity contribution >= 4 is 56.0 Å². The van der Waals surface area contributed by atoms with E-state index in [1.807, 2.05) is 0 Å². The van der Waals surface area contributed by atoms with Crippen LogP contribution in [0.15, 0.2) is 65.8 Å². The molecule has 0 spiro atoms. The molecule has 0 saturated carbocycles. The van der Waals surface area contributed by atoms with Gasteiger partial charge in [-0.2, -0.15) is 4.37 Å². The first-order valence-electron chi connectivity index (χ1n) is 15.2. The van der Waals surface area contributed by atoms with Crippen LogP contribution in [0.2, 0.25) is 5.02 Å². The molecule has 0 bridgehead atoms. The number of carbonyl (C=O) groups is 2. The van der Waals surface area contributed by atoms with Gasteiger partial charge in [0.1, 0.15) is 41.5 Å². The molecule has 266 valence electrons. The maximum atomic E-state index is 15.7. The molecule has 0 unspecified atom stereocenters. The van der Waals surface area contributed by atoms with Gasteiger partial charge in [-0.05, 0) is 75.2 Å². The summed E-state index contributed by atoms with van der Waals surface area (Å²) >= 11 is 6.81. The van der Waals surface area contributed by atoms with Crippen molar-refractivity contribution in [1.82, 2.24) is 14.3 Å². The molecule has 0 aliphatic carbocycles. The monoisotopic (exact) mass is 749 g/mol. The second-order valence-corrected chi connectivity index (χ2v) is 15.3. The van der Waals surface area contributed by atoms with E-state index in [4.69, 9.17) is 25.8 Å². The molecule has 12 nitrogen and oxygen atoms in total. The van der Waals surface area contributed by atoms with Crippen molar-refractivity contribution in [1.29, 1.82) is 0 Å². The zero-order valence-electron chi connectivity index (χ0n) is 27.7. The number of hydrogen-bond acceptors (Lipinski definition) is 10. The third-order valence-corrected chi connectivity index (χ3v) is 10.4. The van der Waals surface area contributed by atoms with Crippen molar-refractivity contribution in [3.8, 4) is 11.5 Å². The van der Waals surface area contributed by atoms with E-state index in [0.29, 0.717) is 39.7 Å². The van der Waals surface area contributed by atoms with Crippen LogP contribution in [0.4, 0.5) is 24.4 Å². The molecule has 1 aliphatic heterocycles. The molecule has 1 saturated heterocycles. The maximum absolute atomic E-state index is 15.7. The molecule has 1 fully saturated rings. The zero-order chi connectivity index (χ0) is 36.4. The van der Waals surface area contributed by atoms with Gasteiger partial charge in [-0.1, -0.05) is 17.7 Å². The van der Waals surface area contributed by atoms with Gasteiger partial charge in [0.2, 0.25) is 11.0 Å². The summed E-state index contributed by atoms with van der Waals surface area (Å²) < 4.78 is 80.3. The molecule has 0 N–H and O–H groups in total. The summed E-state index contributed by atoms with van der Waals surface area (Å²) in [5.41, 5.74) is 0.872. The van der Waals surface area contributed by atoms with Gasteiger partial charge in [-0.15, -0.1) is 0 Å². The number of hydrogen-bond donors (Lipinski definition) is 0. The Morgan fingerprint density at radius 3 is 2.44 bits per heavy atom. The normalized spacial score (nSPS) is 15.2. The lowest BCUT2D eigenvalue weighted by molar-refractivity contribution is -0.122. The van der Waals surface area contributed by atoms with Gasteiger partial charge in [-0.3, -0.25) is 9.69 Å². The number of sulfonamides is 1. The maximum Gasteiger partial charge on any atom is 0.410 e. The molecule has 4 aromatic rings. The quantitative estimate of drug-likeness (QED) is 0.186. The third-order valence-electron chi connectivity index (χ3n) is 7.56. The van der Waals surface area contributed by atoms with Gasteiger partial charge in [-0.25, -0.2) is 31.3 Å². The highest BCUT2D eigenvalue weighted by Crippen LogP contribution is 2.33. The number of nitrogens with zero attached hydrogens (tertiary/aromatic N) is 5. The number of amides is 2. The molecule has 1 atom stereocenters. The number of methoxy groups -OCH3 is 1. The fraction of sp³-hybridized carbons (Fsp3) is 0.333. The molecule has 2 heterocycles. The Balaban J connectivity index is 1.42. The summed E-state index contributed by atoms with van der Waals surface area (Å²) in [5.74, 6) is -2.98. The van der Waals surface area contributed by atoms with Crippen molar-refractivity contribution in [3.63, 3.8) is 0 Å².